The summed E-state index contributed by atoms with van der Waals surface area (Å²) in [5.41, 5.74) is 0. The summed E-state index contributed by atoms with van der Waals surface area (Å²) >= 11 is 0. The molecule has 2 heterocycles. The van der Waals surface area contributed by atoms with Crippen LogP contribution in [0.4, 0.5) is 4.79 Å². The van der Waals surface area contributed by atoms with Crippen molar-refractivity contribution in [3.63, 3.8) is 0 Å². The predicted octanol–water partition coefficient (Wildman–Crippen LogP) is 0.756. The number of piperidine rings is 1. The van der Waals surface area contributed by atoms with Gasteiger partial charge in [-0.1, -0.05) is 6.42 Å². The Balaban J connectivity index is 1.55. The van der Waals surface area contributed by atoms with E-state index < -0.39 is 6.09 Å². The summed E-state index contributed by atoms with van der Waals surface area (Å²) < 4.78 is 4.73. The third kappa shape index (κ3) is 2.19. The van der Waals surface area contributed by atoms with E-state index in [-0.39, 0.29) is 30.4 Å². The third-order valence-corrected chi connectivity index (χ3v) is 4.38. The van der Waals surface area contributed by atoms with Crippen molar-refractivity contribution in [2.75, 3.05) is 19.7 Å². The highest BCUT2D eigenvalue weighted by Crippen LogP contribution is 2.30. The van der Waals surface area contributed by atoms with Gasteiger partial charge in [-0.15, -0.1) is 0 Å². The molecular weight excluding hydrogens is 248 g/mol. The van der Waals surface area contributed by atoms with Crippen molar-refractivity contribution in [1.82, 2.24) is 9.80 Å². The number of rotatable bonds is 2. The minimum atomic E-state index is -0.534. The molecule has 0 bridgehead atoms. The Morgan fingerprint density at radius 2 is 1.79 bits per heavy atom. The molecular formula is C13H18N2O4. The van der Waals surface area contributed by atoms with Gasteiger partial charge in [0.2, 0.25) is 5.91 Å². The molecule has 2 saturated heterocycles. The number of hydrogen-bond donors (Lipinski definition) is 0. The van der Waals surface area contributed by atoms with Crippen LogP contribution in [0.3, 0.4) is 0 Å². The molecule has 0 N–H and O–H groups in total. The van der Waals surface area contributed by atoms with E-state index in [2.05, 4.69) is 0 Å². The first-order chi connectivity index (χ1) is 9.16. The van der Waals surface area contributed by atoms with E-state index >= 15 is 0 Å². The van der Waals surface area contributed by atoms with Crippen molar-refractivity contribution in [1.29, 1.82) is 0 Å². The summed E-state index contributed by atoms with van der Waals surface area (Å²) in [6.45, 7) is 1.13. The summed E-state index contributed by atoms with van der Waals surface area (Å²) in [7, 11) is 0. The van der Waals surface area contributed by atoms with Crippen LogP contribution in [0.5, 0.6) is 0 Å². The topological polar surface area (TPSA) is 66.9 Å². The SMILES string of the molecule is O=C(C1CCC1)N1CCC(N2C(=O)COC2=O)CC1. The van der Waals surface area contributed by atoms with Crippen LogP contribution in [-0.4, -0.2) is 53.4 Å². The molecule has 1 saturated carbocycles. The van der Waals surface area contributed by atoms with Crippen molar-refractivity contribution >= 4 is 17.9 Å². The molecule has 3 aliphatic rings. The van der Waals surface area contributed by atoms with E-state index in [1.165, 1.54) is 4.90 Å². The molecule has 19 heavy (non-hydrogen) atoms. The maximum atomic E-state index is 12.1. The Kier molecular flexibility index (Phi) is 3.16. The largest absolute Gasteiger partial charge is 0.439 e. The Hall–Kier alpha value is -1.59. The van der Waals surface area contributed by atoms with Gasteiger partial charge in [0.25, 0.3) is 5.91 Å². The van der Waals surface area contributed by atoms with Crippen LogP contribution in [-0.2, 0) is 14.3 Å². The highest BCUT2D eigenvalue weighted by Gasteiger charge is 2.40. The molecule has 1 aliphatic carbocycles. The van der Waals surface area contributed by atoms with Crippen LogP contribution < -0.4 is 0 Å². The lowest BCUT2D eigenvalue weighted by Gasteiger charge is -2.38. The lowest BCUT2D eigenvalue weighted by molar-refractivity contribution is -0.139. The first kappa shape index (κ1) is 12.4. The number of ether oxygens (including phenoxy) is 1. The van der Waals surface area contributed by atoms with E-state index in [9.17, 15) is 14.4 Å². The van der Waals surface area contributed by atoms with Crippen molar-refractivity contribution in [3.8, 4) is 0 Å². The van der Waals surface area contributed by atoms with Crippen LogP contribution in [0.25, 0.3) is 0 Å². The number of carbonyl (C=O) groups is 3. The van der Waals surface area contributed by atoms with Crippen LogP contribution in [0.1, 0.15) is 32.1 Å². The van der Waals surface area contributed by atoms with Gasteiger partial charge in [-0.2, -0.15) is 0 Å². The predicted molar refractivity (Wildman–Crippen MR) is 65.1 cm³/mol. The number of carbonyl (C=O) groups excluding carboxylic acids is 3. The average molecular weight is 266 g/mol. The normalized spacial score (nSPS) is 25.5. The van der Waals surface area contributed by atoms with Crippen molar-refractivity contribution in [3.05, 3.63) is 0 Å². The molecule has 104 valence electrons. The maximum absolute atomic E-state index is 12.1. The first-order valence-electron chi connectivity index (χ1n) is 6.94. The number of nitrogens with zero attached hydrogens (tertiary/aromatic N) is 2. The summed E-state index contributed by atoms with van der Waals surface area (Å²) in [4.78, 5) is 38.2. The highest BCUT2D eigenvalue weighted by molar-refractivity contribution is 5.98. The van der Waals surface area contributed by atoms with E-state index in [1.807, 2.05) is 4.90 Å². The van der Waals surface area contributed by atoms with E-state index in [0.29, 0.717) is 25.9 Å². The van der Waals surface area contributed by atoms with Crippen LogP contribution in [0.15, 0.2) is 0 Å². The minimum absolute atomic E-state index is 0.104. The maximum Gasteiger partial charge on any atom is 0.417 e. The smallest absolute Gasteiger partial charge is 0.417 e. The van der Waals surface area contributed by atoms with Crippen LogP contribution >= 0.6 is 0 Å². The average Bonchev–Trinajstić information content (AvgIpc) is 2.67. The van der Waals surface area contributed by atoms with Crippen molar-refractivity contribution in [2.45, 2.75) is 38.1 Å². The molecule has 3 rings (SSSR count). The Labute approximate surface area is 111 Å². The van der Waals surface area contributed by atoms with Crippen LogP contribution in [0, 0.1) is 5.92 Å². The number of amides is 3. The molecule has 0 aromatic heterocycles. The van der Waals surface area contributed by atoms with Gasteiger partial charge in [0.1, 0.15) is 0 Å². The molecule has 0 aromatic carbocycles. The Morgan fingerprint density at radius 3 is 2.26 bits per heavy atom. The van der Waals surface area contributed by atoms with E-state index in [1.54, 1.807) is 0 Å². The summed E-state index contributed by atoms with van der Waals surface area (Å²) in [6.07, 6.45) is 3.97. The van der Waals surface area contributed by atoms with Gasteiger partial charge >= 0.3 is 6.09 Å². The molecule has 0 unspecified atom stereocenters. The van der Waals surface area contributed by atoms with Gasteiger partial charge in [0.15, 0.2) is 6.61 Å². The fourth-order valence-electron chi connectivity index (χ4n) is 2.97. The van der Waals surface area contributed by atoms with Crippen molar-refractivity contribution in [2.24, 2.45) is 5.92 Å². The highest BCUT2D eigenvalue weighted by atomic mass is 16.6. The Bertz CT molecular complexity index is 395. The summed E-state index contributed by atoms with van der Waals surface area (Å²) in [6, 6.07) is -0.104. The fraction of sp³-hybridized carbons (Fsp3) is 0.769. The summed E-state index contributed by atoms with van der Waals surface area (Å²) in [5, 5.41) is 0. The number of imide groups is 1. The molecule has 0 radical (unpaired) electrons. The quantitative estimate of drug-likeness (QED) is 0.740. The molecule has 3 fully saturated rings. The minimum Gasteiger partial charge on any atom is -0.439 e. The number of hydrogen-bond acceptors (Lipinski definition) is 4. The third-order valence-electron chi connectivity index (χ3n) is 4.38. The monoisotopic (exact) mass is 266 g/mol. The Morgan fingerprint density at radius 1 is 1.11 bits per heavy atom. The summed E-state index contributed by atoms with van der Waals surface area (Å²) in [5.74, 6) is 0.212. The molecule has 0 aromatic rings. The number of likely N-dealkylation sites (tertiary alicyclic amines) is 1. The second kappa shape index (κ2) is 4.83. The zero-order valence-electron chi connectivity index (χ0n) is 10.8. The molecule has 6 heteroatoms. The van der Waals surface area contributed by atoms with Gasteiger partial charge in [0, 0.05) is 25.0 Å². The van der Waals surface area contributed by atoms with Gasteiger partial charge in [-0.25, -0.2) is 9.69 Å². The molecule has 0 atom stereocenters. The molecule has 0 spiro atoms. The fourth-order valence-corrected chi connectivity index (χ4v) is 2.97. The second-order valence-corrected chi connectivity index (χ2v) is 5.50. The van der Waals surface area contributed by atoms with Gasteiger partial charge in [-0.05, 0) is 25.7 Å². The first-order valence-corrected chi connectivity index (χ1v) is 6.94. The molecule has 2 aliphatic heterocycles. The van der Waals surface area contributed by atoms with E-state index in [4.69, 9.17) is 4.74 Å². The lowest BCUT2D eigenvalue weighted by atomic mass is 9.84. The standard InChI is InChI=1S/C13H18N2O4/c16-11-8-19-13(18)15(11)10-4-6-14(7-5-10)12(17)9-2-1-3-9/h9-10H,1-8H2. The molecule has 3 amide bonds. The van der Waals surface area contributed by atoms with Gasteiger partial charge < -0.3 is 9.64 Å². The lowest BCUT2D eigenvalue weighted by Crippen LogP contribution is -2.50. The zero-order chi connectivity index (χ0) is 13.4. The second-order valence-electron chi connectivity index (χ2n) is 5.50. The number of cyclic esters (lactones) is 1. The van der Waals surface area contributed by atoms with E-state index in [0.717, 1.165) is 19.3 Å². The van der Waals surface area contributed by atoms with Gasteiger partial charge in [-0.3, -0.25) is 9.59 Å². The molecule has 6 nitrogen and oxygen atoms in total. The van der Waals surface area contributed by atoms with Crippen molar-refractivity contribution < 1.29 is 19.1 Å². The zero-order valence-corrected chi connectivity index (χ0v) is 10.8. The van der Waals surface area contributed by atoms with Gasteiger partial charge in [0.05, 0.1) is 0 Å². The van der Waals surface area contributed by atoms with Crippen LogP contribution in [0.2, 0.25) is 0 Å².